The Morgan fingerprint density at radius 3 is 2.85 bits per heavy atom. The van der Waals surface area contributed by atoms with Crippen LogP contribution in [0.3, 0.4) is 0 Å². The van der Waals surface area contributed by atoms with Gasteiger partial charge in [0, 0.05) is 36.6 Å². The smallest absolute Gasteiger partial charge is 0.256 e. The second-order valence-electron chi connectivity index (χ2n) is 8.48. The van der Waals surface area contributed by atoms with E-state index in [-0.39, 0.29) is 30.2 Å². The molecule has 0 spiro atoms. The molecule has 1 saturated heterocycles. The number of anilines is 1. The minimum atomic E-state index is -0.341. The molecule has 168 valence electrons. The van der Waals surface area contributed by atoms with E-state index in [2.05, 4.69) is 4.98 Å². The van der Waals surface area contributed by atoms with E-state index in [0.717, 1.165) is 24.1 Å². The number of hydrogen-bond acceptors (Lipinski definition) is 5. The second kappa shape index (κ2) is 8.69. The lowest BCUT2D eigenvalue weighted by Crippen LogP contribution is -2.37. The first-order valence-corrected chi connectivity index (χ1v) is 11.1. The Morgan fingerprint density at radius 1 is 1.18 bits per heavy atom. The number of rotatable bonds is 4. The van der Waals surface area contributed by atoms with Crippen molar-refractivity contribution in [2.24, 2.45) is 0 Å². The number of carbonyl (C=O) groups is 2. The molecule has 0 saturated carbocycles. The Morgan fingerprint density at radius 2 is 2.06 bits per heavy atom. The highest BCUT2D eigenvalue weighted by molar-refractivity contribution is 5.95. The van der Waals surface area contributed by atoms with Crippen LogP contribution in [0.1, 0.15) is 58.3 Å². The molecule has 0 aliphatic carbocycles. The summed E-state index contributed by atoms with van der Waals surface area (Å²) in [5.74, 6) is 0.619. The Labute approximate surface area is 191 Å². The third-order valence-electron chi connectivity index (χ3n) is 6.30. The number of amides is 2. The quantitative estimate of drug-likeness (QED) is 0.611. The first-order chi connectivity index (χ1) is 16.0. The zero-order valence-corrected chi connectivity index (χ0v) is 18.4. The Balaban J connectivity index is 1.50. The summed E-state index contributed by atoms with van der Waals surface area (Å²) in [5.41, 5.74) is 2.97. The van der Waals surface area contributed by atoms with E-state index < -0.39 is 0 Å². The van der Waals surface area contributed by atoms with Crippen LogP contribution >= 0.6 is 0 Å². The SMILES string of the molecule is Cc1nc([C@@H]2CCCN2C(=O)c2cccnc2)nc2c1CCC(=O)N2Cc1cccc(F)c1. The number of nitrogens with zero attached hydrogens (tertiary/aromatic N) is 5. The topological polar surface area (TPSA) is 79.3 Å². The third-order valence-corrected chi connectivity index (χ3v) is 6.30. The minimum absolute atomic E-state index is 0.0504. The largest absolute Gasteiger partial charge is 0.328 e. The van der Waals surface area contributed by atoms with Crippen molar-refractivity contribution < 1.29 is 14.0 Å². The van der Waals surface area contributed by atoms with Crippen LogP contribution in [0.5, 0.6) is 0 Å². The maximum atomic E-state index is 13.7. The van der Waals surface area contributed by atoms with Crippen molar-refractivity contribution in [1.82, 2.24) is 19.9 Å². The molecule has 0 N–H and O–H groups in total. The second-order valence-corrected chi connectivity index (χ2v) is 8.48. The molecule has 1 fully saturated rings. The predicted molar refractivity (Wildman–Crippen MR) is 120 cm³/mol. The molecule has 1 atom stereocenters. The maximum absolute atomic E-state index is 13.7. The van der Waals surface area contributed by atoms with E-state index in [0.29, 0.717) is 42.2 Å². The highest BCUT2D eigenvalue weighted by Crippen LogP contribution is 2.35. The Bertz CT molecular complexity index is 1220. The van der Waals surface area contributed by atoms with Crippen LogP contribution in [0.25, 0.3) is 0 Å². The predicted octanol–water partition coefficient (Wildman–Crippen LogP) is 3.78. The molecule has 4 heterocycles. The molecular weight excluding hydrogens is 421 g/mol. The molecule has 33 heavy (non-hydrogen) atoms. The van der Waals surface area contributed by atoms with Gasteiger partial charge in [0.25, 0.3) is 5.91 Å². The number of aromatic nitrogens is 3. The molecule has 1 aromatic carbocycles. The molecule has 0 radical (unpaired) electrons. The summed E-state index contributed by atoms with van der Waals surface area (Å²) < 4.78 is 13.7. The van der Waals surface area contributed by atoms with Crippen molar-refractivity contribution in [1.29, 1.82) is 0 Å². The van der Waals surface area contributed by atoms with Gasteiger partial charge in [-0.15, -0.1) is 0 Å². The van der Waals surface area contributed by atoms with Crippen LogP contribution in [-0.2, 0) is 17.8 Å². The summed E-state index contributed by atoms with van der Waals surface area (Å²) in [6.45, 7) is 2.77. The van der Waals surface area contributed by atoms with Crippen molar-refractivity contribution in [2.75, 3.05) is 11.4 Å². The van der Waals surface area contributed by atoms with Crippen molar-refractivity contribution in [3.8, 4) is 0 Å². The average Bonchev–Trinajstić information content (AvgIpc) is 3.31. The third kappa shape index (κ3) is 4.08. The van der Waals surface area contributed by atoms with E-state index in [1.54, 1.807) is 46.5 Å². The molecule has 0 unspecified atom stereocenters. The highest BCUT2D eigenvalue weighted by atomic mass is 19.1. The van der Waals surface area contributed by atoms with Crippen molar-refractivity contribution >= 4 is 17.6 Å². The summed E-state index contributed by atoms with van der Waals surface area (Å²) in [7, 11) is 0. The van der Waals surface area contributed by atoms with Gasteiger partial charge in [0.1, 0.15) is 11.6 Å². The van der Waals surface area contributed by atoms with Crippen LogP contribution in [0.15, 0.2) is 48.8 Å². The van der Waals surface area contributed by atoms with Gasteiger partial charge in [-0.25, -0.2) is 14.4 Å². The van der Waals surface area contributed by atoms with Crippen LogP contribution in [0.4, 0.5) is 10.2 Å². The average molecular weight is 445 g/mol. The first-order valence-electron chi connectivity index (χ1n) is 11.1. The summed E-state index contributed by atoms with van der Waals surface area (Å²) >= 11 is 0. The number of aryl methyl sites for hydroxylation is 1. The summed E-state index contributed by atoms with van der Waals surface area (Å²) in [4.78, 5) is 43.0. The van der Waals surface area contributed by atoms with Crippen molar-refractivity contribution in [2.45, 2.75) is 45.2 Å². The van der Waals surface area contributed by atoms with Gasteiger partial charge < -0.3 is 4.90 Å². The lowest BCUT2D eigenvalue weighted by Gasteiger charge is -2.31. The molecule has 2 aliphatic rings. The summed E-state index contributed by atoms with van der Waals surface area (Å²) in [5, 5.41) is 0. The number of benzene rings is 1. The minimum Gasteiger partial charge on any atom is -0.328 e. The summed E-state index contributed by atoms with van der Waals surface area (Å²) in [6.07, 6.45) is 5.74. The van der Waals surface area contributed by atoms with Gasteiger partial charge >= 0.3 is 0 Å². The van der Waals surface area contributed by atoms with Gasteiger partial charge in [-0.05, 0) is 56.0 Å². The van der Waals surface area contributed by atoms with E-state index in [9.17, 15) is 14.0 Å². The van der Waals surface area contributed by atoms with Gasteiger partial charge in [0.05, 0.1) is 18.2 Å². The van der Waals surface area contributed by atoms with Crippen molar-refractivity contribution in [3.63, 3.8) is 0 Å². The molecule has 2 aromatic heterocycles. The van der Waals surface area contributed by atoms with Crippen LogP contribution < -0.4 is 4.90 Å². The molecule has 3 aromatic rings. The number of hydrogen-bond donors (Lipinski definition) is 0. The molecular formula is C25H24FN5O2. The number of likely N-dealkylation sites (tertiary alicyclic amines) is 1. The number of carbonyl (C=O) groups excluding carboxylic acids is 2. The van der Waals surface area contributed by atoms with E-state index >= 15 is 0 Å². The fourth-order valence-electron chi connectivity index (χ4n) is 4.67. The molecule has 8 heteroatoms. The standard InChI is InChI=1S/C25H24FN5O2/c1-16-20-9-10-22(32)31(15-17-5-2-7-19(26)13-17)24(20)29-23(28-16)21-8-4-12-30(21)25(33)18-6-3-11-27-14-18/h2-3,5-7,11,13-14,21H,4,8-10,12,15H2,1H3/t21-/m0/s1. The number of pyridine rings is 1. The van der Waals surface area contributed by atoms with Gasteiger partial charge in [0.2, 0.25) is 5.91 Å². The van der Waals surface area contributed by atoms with Crippen LogP contribution in [0, 0.1) is 12.7 Å². The fourth-order valence-corrected chi connectivity index (χ4v) is 4.67. The van der Waals surface area contributed by atoms with Crippen molar-refractivity contribution in [3.05, 3.63) is 82.8 Å². The molecule has 2 amide bonds. The lowest BCUT2D eigenvalue weighted by molar-refractivity contribution is -0.119. The molecule has 5 rings (SSSR count). The Hall–Kier alpha value is -3.68. The lowest BCUT2D eigenvalue weighted by atomic mass is 10.0. The monoisotopic (exact) mass is 445 g/mol. The maximum Gasteiger partial charge on any atom is 0.256 e. The molecule has 2 aliphatic heterocycles. The molecule has 7 nitrogen and oxygen atoms in total. The van der Waals surface area contributed by atoms with E-state index in [1.807, 2.05) is 6.92 Å². The zero-order valence-electron chi connectivity index (χ0n) is 18.4. The van der Waals surface area contributed by atoms with Gasteiger partial charge in [-0.3, -0.25) is 19.5 Å². The van der Waals surface area contributed by atoms with Crippen LogP contribution in [-0.4, -0.2) is 38.2 Å². The van der Waals surface area contributed by atoms with Crippen LogP contribution in [0.2, 0.25) is 0 Å². The van der Waals surface area contributed by atoms with E-state index in [4.69, 9.17) is 9.97 Å². The van der Waals surface area contributed by atoms with E-state index in [1.165, 1.54) is 12.1 Å². The number of halogens is 1. The zero-order chi connectivity index (χ0) is 22.9. The van der Waals surface area contributed by atoms with Gasteiger partial charge in [-0.1, -0.05) is 12.1 Å². The normalized spacial score (nSPS) is 17.9. The number of fused-ring (bicyclic) bond motifs is 1. The Kier molecular flexibility index (Phi) is 5.58. The fraction of sp³-hybridized carbons (Fsp3) is 0.320. The molecule has 0 bridgehead atoms. The highest BCUT2D eigenvalue weighted by Gasteiger charge is 2.35. The van der Waals surface area contributed by atoms with Gasteiger partial charge in [0.15, 0.2) is 5.82 Å². The van der Waals surface area contributed by atoms with Gasteiger partial charge in [-0.2, -0.15) is 0 Å². The summed E-state index contributed by atoms with van der Waals surface area (Å²) in [6, 6.07) is 9.48. The first kappa shape index (κ1) is 21.2.